The van der Waals surface area contributed by atoms with Crippen molar-refractivity contribution in [3.63, 3.8) is 0 Å². The van der Waals surface area contributed by atoms with Gasteiger partial charge in [-0.25, -0.2) is 0 Å². The molecule has 267 valence electrons. The Morgan fingerprint density at radius 1 is 0.704 bits per heavy atom. The van der Waals surface area contributed by atoms with Crippen molar-refractivity contribution in [2.45, 2.75) is 33.5 Å². The summed E-state index contributed by atoms with van der Waals surface area (Å²) in [6, 6.07) is 52.9. The number of para-hydroxylation sites is 3. The van der Waals surface area contributed by atoms with Gasteiger partial charge in [-0.15, -0.1) is 41.5 Å². The summed E-state index contributed by atoms with van der Waals surface area (Å²) in [6.07, 6.45) is 4.53. The van der Waals surface area contributed by atoms with Crippen LogP contribution in [0, 0.1) is 26.0 Å². The van der Waals surface area contributed by atoms with Crippen LogP contribution in [0.3, 0.4) is 0 Å². The molecule has 0 bridgehead atoms. The Balaban J connectivity index is 0.000000220. The second-order valence-electron chi connectivity index (χ2n) is 13.1. The molecule has 0 saturated heterocycles. The van der Waals surface area contributed by atoms with E-state index in [1.807, 2.05) is 6.07 Å². The molecule has 0 spiro atoms. The Bertz CT molecular complexity index is 2750. The third-order valence-electron chi connectivity index (χ3n) is 9.27. The fraction of sp³-hybridized carbons (Fsp3) is 0.102. The van der Waals surface area contributed by atoms with Crippen LogP contribution in [0.25, 0.3) is 72.6 Å². The molecule has 0 aliphatic heterocycles. The Morgan fingerprint density at radius 3 is 2.02 bits per heavy atom. The first-order chi connectivity index (χ1) is 28.4. The third kappa shape index (κ3) is 7.34. The Labute approximate surface area is 339 Å². The van der Waals surface area contributed by atoms with Gasteiger partial charge in [-0.3, -0.25) is 4.98 Å². The van der Waals surface area contributed by atoms with Crippen molar-refractivity contribution in [2.75, 3.05) is 0 Å². The van der Waals surface area contributed by atoms with Crippen LogP contribution in [0.5, 0.6) is 0 Å². The van der Waals surface area contributed by atoms with Crippen molar-refractivity contribution >= 4 is 22.0 Å². The van der Waals surface area contributed by atoms with E-state index in [0.717, 1.165) is 61.3 Å². The zero-order valence-corrected chi connectivity index (χ0v) is 32.1. The van der Waals surface area contributed by atoms with Gasteiger partial charge in [0, 0.05) is 57.5 Å². The minimum absolute atomic E-state index is 0. The standard InChI is InChI=1S/C36H27N2O.C13H12N.Ir/c1-24(2)27-20-21-30-31(23-39-34(30)22-27)36-37-32-18-9-10-19-33(32)38(36)35-28(25-12-5-3-6-13-25)16-11-17-29(35)26-14-7-4-8-15-26;1-10-3-6-12(7-4-10)13-8-5-11(2)9-14-13;/h3-22,24H,1-2H3;3-6,8-9H,1-2H3;/q2*-1;/i;1D3,2D3;. The first kappa shape index (κ1) is 29.6. The summed E-state index contributed by atoms with van der Waals surface area (Å²) in [7, 11) is 0. The summed E-state index contributed by atoms with van der Waals surface area (Å²) in [5.41, 5.74) is 12.1. The average Bonchev–Trinajstić information content (AvgIpc) is 3.85. The van der Waals surface area contributed by atoms with Gasteiger partial charge in [0.15, 0.2) is 0 Å². The van der Waals surface area contributed by atoms with Crippen molar-refractivity contribution in [3.05, 3.63) is 187 Å². The van der Waals surface area contributed by atoms with E-state index in [4.69, 9.17) is 17.6 Å². The molecule has 0 unspecified atom stereocenters. The van der Waals surface area contributed by atoms with E-state index >= 15 is 0 Å². The number of rotatable bonds is 6. The van der Waals surface area contributed by atoms with Crippen molar-refractivity contribution in [3.8, 4) is 50.6 Å². The first-order valence-electron chi connectivity index (χ1n) is 20.5. The number of pyridine rings is 1. The molecule has 54 heavy (non-hydrogen) atoms. The molecule has 0 N–H and O–H groups in total. The molecule has 1 radical (unpaired) electrons. The van der Waals surface area contributed by atoms with Gasteiger partial charge in [0.1, 0.15) is 0 Å². The molecule has 6 aromatic carbocycles. The normalized spacial score (nSPS) is 13.1. The molecule has 0 fully saturated rings. The molecule has 0 aliphatic rings. The topological polar surface area (TPSA) is 43.9 Å². The van der Waals surface area contributed by atoms with Gasteiger partial charge < -0.3 is 14.0 Å². The molecule has 0 aliphatic carbocycles. The van der Waals surface area contributed by atoms with Crippen LogP contribution >= 0.6 is 0 Å². The van der Waals surface area contributed by atoms with Gasteiger partial charge >= 0.3 is 0 Å². The minimum atomic E-state index is -2.18. The maximum Gasteiger partial charge on any atom is 0.0774 e. The molecular weight excluding hydrogens is 839 g/mol. The quantitative estimate of drug-likeness (QED) is 0.156. The maximum absolute atomic E-state index is 7.28. The summed E-state index contributed by atoms with van der Waals surface area (Å²) in [4.78, 5) is 9.26. The van der Waals surface area contributed by atoms with E-state index in [2.05, 4.69) is 151 Å². The van der Waals surface area contributed by atoms with Crippen LogP contribution in [0.2, 0.25) is 0 Å². The summed E-state index contributed by atoms with van der Waals surface area (Å²) in [5, 5.41) is 1.01. The second kappa shape index (κ2) is 16.0. The number of aromatic nitrogens is 3. The molecule has 9 rings (SSSR count). The zero-order valence-electron chi connectivity index (χ0n) is 35.7. The number of furan rings is 1. The Morgan fingerprint density at radius 2 is 1.39 bits per heavy atom. The van der Waals surface area contributed by atoms with Crippen molar-refractivity contribution in [1.29, 1.82) is 0 Å². The maximum atomic E-state index is 7.28. The largest absolute Gasteiger partial charge is 0.557 e. The van der Waals surface area contributed by atoms with Crippen LogP contribution in [-0.4, -0.2) is 14.5 Å². The van der Waals surface area contributed by atoms with E-state index in [9.17, 15) is 0 Å². The minimum Gasteiger partial charge on any atom is -0.557 e. The number of benzene rings is 6. The fourth-order valence-corrected chi connectivity index (χ4v) is 6.56. The van der Waals surface area contributed by atoms with Gasteiger partial charge in [-0.1, -0.05) is 152 Å². The summed E-state index contributed by atoms with van der Waals surface area (Å²) < 4.78 is 52.0. The van der Waals surface area contributed by atoms with Gasteiger partial charge in [0.05, 0.1) is 22.5 Å². The molecule has 4 nitrogen and oxygen atoms in total. The number of aryl methyl sites for hydroxylation is 2. The number of imidazole rings is 1. The predicted octanol–water partition coefficient (Wildman–Crippen LogP) is 12.9. The monoisotopic (exact) mass is 884 g/mol. The van der Waals surface area contributed by atoms with Crippen molar-refractivity contribution in [1.82, 2.24) is 14.5 Å². The van der Waals surface area contributed by atoms with E-state index in [-0.39, 0.29) is 31.2 Å². The molecule has 3 heterocycles. The molecule has 0 atom stereocenters. The molecule has 0 saturated carbocycles. The summed E-state index contributed by atoms with van der Waals surface area (Å²) in [5.74, 6) is 1.23. The number of fused-ring (bicyclic) bond motifs is 2. The first-order valence-corrected chi connectivity index (χ1v) is 17.5. The number of hydrogen-bond donors (Lipinski definition) is 0. The van der Waals surface area contributed by atoms with Gasteiger partial charge in [-0.2, -0.15) is 0 Å². The Hall–Kier alpha value is -5.87. The molecule has 3 aromatic heterocycles. The van der Waals surface area contributed by atoms with Gasteiger partial charge in [0.2, 0.25) is 0 Å². The van der Waals surface area contributed by atoms with Crippen LogP contribution in [0.4, 0.5) is 0 Å². The van der Waals surface area contributed by atoms with Crippen LogP contribution < -0.4 is 0 Å². The van der Waals surface area contributed by atoms with Crippen molar-refractivity contribution in [2.24, 2.45) is 0 Å². The summed E-state index contributed by atoms with van der Waals surface area (Å²) in [6.45, 7) is 0.0491. The molecule has 9 aromatic rings. The van der Waals surface area contributed by atoms with E-state index < -0.39 is 13.7 Å². The summed E-state index contributed by atoms with van der Waals surface area (Å²) >= 11 is 0. The van der Waals surface area contributed by atoms with E-state index in [0.29, 0.717) is 17.2 Å². The third-order valence-corrected chi connectivity index (χ3v) is 9.27. The Kier molecular flexibility index (Phi) is 8.77. The SMILES string of the molecule is CC(C)c1ccc2c(-c3nc4ccccc4n3-c3c(-c4ccccc4)cccc3-c3ccccc3)[c-]oc2c1.[2H]C([2H])([2H])c1c[c-]c(-c2ccc(C([2H])([2H])[2H])cn2)cc1.[Ir]. The molecule has 0 amide bonds. The predicted molar refractivity (Wildman–Crippen MR) is 218 cm³/mol. The van der Waals surface area contributed by atoms with E-state index in [1.54, 1.807) is 12.1 Å². The van der Waals surface area contributed by atoms with Crippen LogP contribution in [0.1, 0.15) is 44.7 Å². The van der Waals surface area contributed by atoms with Crippen LogP contribution in [-0.2, 0) is 20.1 Å². The smallest absolute Gasteiger partial charge is 0.0774 e. The van der Waals surface area contributed by atoms with E-state index in [1.165, 1.54) is 30.0 Å². The van der Waals surface area contributed by atoms with Gasteiger partial charge in [-0.05, 0) is 47.3 Å². The van der Waals surface area contributed by atoms with Gasteiger partial charge in [0.25, 0.3) is 0 Å². The zero-order chi connectivity index (χ0) is 41.3. The second-order valence-corrected chi connectivity index (χ2v) is 13.1. The average molecular weight is 884 g/mol. The molecular formula is C49H39IrN3O-2. The van der Waals surface area contributed by atoms with Crippen LogP contribution in [0.15, 0.2) is 162 Å². The number of nitrogens with zero attached hydrogens (tertiary/aromatic N) is 3. The van der Waals surface area contributed by atoms with Crippen molar-refractivity contribution < 1.29 is 32.7 Å². The fourth-order valence-electron chi connectivity index (χ4n) is 6.56. The number of hydrogen-bond acceptors (Lipinski definition) is 3. The molecule has 5 heteroatoms.